The zero-order valence-electron chi connectivity index (χ0n) is 26.2. The van der Waals surface area contributed by atoms with E-state index in [1.165, 1.54) is 4.57 Å². The number of rotatable bonds is 7. The number of fused-ring (bicyclic) bond motifs is 1. The normalized spacial score (nSPS) is 10.3. The van der Waals surface area contributed by atoms with Gasteiger partial charge in [-0.2, -0.15) is 14.8 Å². The second kappa shape index (κ2) is 15.7. The summed E-state index contributed by atoms with van der Waals surface area (Å²) in [5.74, 6) is 0.949. The molecule has 0 bridgehead atoms. The van der Waals surface area contributed by atoms with Gasteiger partial charge in [0, 0.05) is 46.1 Å². The number of aliphatic hydroxyl groups is 1. The number of ether oxygens (including phenoxy) is 3. The average molecular weight is 638 g/mol. The molecular weight excluding hydrogens is 602 g/mol. The van der Waals surface area contributed by atoms with Crippen LogP contribution in [0.4, 0.5) is 0 Å². The minimum atomic E-state index is -0.955. The number of methoxy groups -OCH3 is 3. The van der Waals surface area contributed by atoms with Gasteiger partial charge in [0.2, 0.25) is 11.8 Å². The van der Waals surface area contributed by atoms with Crippen molar-refractivity contribution in [2.24, 2.45) is 0 Å². The maximum absolute atomic E-state index is 13.0. The number of benzene rings is 2. The molecule has 0 fully saturated rings. The summed E-state index contributed by atoms with van der Waals surface area (Å²) in [5, 5.41) is 22.3. The van der Waals surface area contributed by atoms with E-state index in [0.717, 1.165) is 11.4 Å². The van der Waals surface area contributed by atoms with Crippen molar-refractivity contribution < 1.29 is 34.0 Å². The molecule has 0 aliphatic carbocycles. The molecule has 45 heavy (non-hydrogen) atoms. The minimum Gasteiger partial charge on any atom is -0.497 e. The maximum atomic E-state index is 13.0. The van der Waals surface area contributed by atoms with Crippen molar-refractivity contribution in [1.29, 1.82) is 0 Å². The lowest BCUT2D eigenvalue weighted by atomic mass is 10.1. The third-order valence-corrected chi connectivity index (χ3v) is 6.64. The standard InChI is InChI=1S/C19H16ClNO4.C11H14N4O2.C2H6O/c1-11-15(10-18(22)23)16-9-14(25-2)7-8-17(16)21(11)19(24)12-3-5-13(20)6-4-12;1-7-5-9(16-3)13-11(12-7)15-10(17-4)6-8(2)14-15;1-2-3/h3-9H,10H2,1-2H3,(H,22,23);5-6H,1-4H3;3H,2H2,1H3. The van der Waals surface area contributed by atoms with Crippen LogP contribution in [0.15, 0.2) is 54.6 Å². The van der Waals surface area contributed by atoms with E-state index in [1.807, 2.05) is 19.9 Å². The second-order valence-electron chi connectivity index (χ2n) is 9.57. The fourth-order valence-electron chi connectivity index (χ4n) is 4.44. The Kier molecular flexibility index (Phi) is 12.0. The number of carbonyl (C=O) groups excluding carboxylic acids is 1. The first kappa shape index (κ1) is 34.5. The highest BCUT2D eigenvalue weighted by Crippen LogP contribution is 2.31. The molecule has 5 aromatic rings. The van der Waals surface area contributed by atoms with E-state index in [-0.39, 0.29) is 18.9 Å². The van der Waals surface area contributed by atoms with Crippen LogP contribution < -0.4 is 14.2 Å². The van der Waals surface area contributed by atoms with Gasteiger partial charge < -0.3 is 24.4 Å². The van der Waals surface area contributed by atoms with E-state index in [4.69, 9.17) is 30.9 Å². The molecule has 238 valence electrons. The molecule has 5 rings (SSSR count). The third-order valence-electron chi connectivity index (χ3n) is 6.39. The zero-order valence-corrected chi connectivity index (χ0v) is 26.9. The average Bonchev–Trinajstić information content (AvgIpc) is 3.53. The number of hydrogen-bond acceptors (Lipinski definition) is 9. The van der Waals surface area contributed by atoms with E-state index in [2.05, 4.69) is 15.1 Å². The van der Waals surface area contributed by atoms with Crippen LogP contribution >= 0.6 is 11.6 Å². The molecule has 0 radical (unpaired) electrons. The van der Waals surface area contributed by atoms with E-state index in [0.29, 0.717) is 56.2 Å². The fraction of sp³-hybridized carbons (Fsp3) is 0.281. The Bertz CT molecular complexity index is 1780. The smallest absolute Gasteiger partial charge is 0.307 e. The molecule has 3 heterocycles. The van der Waals surface area contributed by atoms with Gasteiger partial charge in [-0.3, -0.25) is 14.2 Å². The predicted octanol–water partition coefficient (Wildman–Crippen LogP) is 5.22. The molecule has 2 aromatic carbocycles. The predicted molar refractivity (Wildman–Crippen MR) is 170 cm³/mol. The highest BCUT2D eigenvalue weighted by molar-refractivity contribution is 6.30. The number of aryl methyl sites for hydroxylation is 2. The van der Waals surface area contributed by atoms with Crippen molar-refractivity contribution in [3.8, 4) is 23.5 Å². The molecular formula is C32H36ClN5O7. The molecule has 0 saturated carbocycles. The van der Waals surface area contributed by atoms with Crippen LogP contribution in [0.1, 0.15) is 39.9 Å². The van der Waals surface area contributed by atoms with Crippen molar-refractivity contribution in [3.63, 3.8) is 0 Å². The van der Waals surface area contributed by atoms with Crippen molar-refractivity contribution in [2.45, 2.75) is 34.1 Å². The summed E-state index contributed by atoms with van der Waals surface area (Å²) < 4.78 is 18.6. The summed E-state index contributed by atoms with van der Waals surface area (Å²) in [5.41, 5.74) is 3.97. The van der Waals surface area contributed by atoms with Crippen LogP contribution in [0.25, 0.3) is 16.9 Å². The van der Waals surface area contributed by atoms with Crippen LogP contribution in [0, 0.1) is 20.8 Å². The molecule has 0 atom stereocenters. The molecule has 0 aliphatic heterocycles. The molecule has 0 spiro atoms. The minimum absolute atomic E-state index is 0.170. The molecule has 0 unspecified atom stereocenters. The number of carboxylic acid groups (broad SMARTS) is 1. The second-order valence-corrected chi connectivity index (χ2v) is 10.0. The Morgan fingerprint density at radius 3 is 2.13 bits per heavy atom. The lowest BCUT2D eigenvalue weighted by Gasteiger charge is -2.08. The van der Waals surface area contributed by atoms with Gasteiger partial charge in [0.1, 0.15) is 5.75 Å². The van der Waals surface area contributed by atoms with Crippen LogP contribution in [0.3, 0.4) is 0 Å². The molecule has 2 N–H and O–H groups in total. The van der Waals surface area contributed by atoms with Crippen molar-refractivity contribution in [1.82, 2.24) is 24.3 Å². The SMILES string of the molecule is CCO.COc1cc(C)nc(-n2nc(C)cc2OC)n1.COc1ccc2c(c1)c(CC(=O)O)c(C)n2C(=O)c1ccc(Cl)cc1. The van der Waals surface area contributed by atoms with Gasteiger partial charge in [-0.1, -0.05) is 11.6 Å². The quantitative estimate of drug-likeness (QED) is 0.243. The Balaban J connectivity index is 0.000000240. The number of nitrogens with zero attached hydrogens (tertiary/aromatic N) is 5. The molecule has 0 aliphatic rings. The third kappa shape index (κ3) is 8.37. The fourth-order valence-corrected chi connectivity index (χ4v) is 4.56. The number of aliphatic hydroxyl groups excluding tert-OH is 1. The van der Waals surface area contributed by atoms with Crippen LogP contribution in [-0.2, 0) is 11.2 Å². The molecule has 0 saturated heterocycles. The largest absolute Gasteiger partial charge is 0.497 e. The first-order chi connectivity index (χ1) is 21.5. The van der Waals surface area contributed by atoms with Crippen LogP contribution in [0.5, 0.6) is 17.5 Å². The van der Waals surface area contributed by atoms with Crippen molar-refractivity contribution >= 4 is 34.4 Å². The Morgan fingerprint density at radius 2 is 1.56 bits per heavy atom. The van der Waals surface area contributed by atoms with Crippen LogP contribution in [0.2, 0.25) is 5.02 Å². The number of carboxylic acids is 1. The molecule has 0 amide bonds. The molecule has 3 aromatic heterocycles. The summed E-state index contributed by atoms with van der Waals surface area (Å²) in [6.07, 6.45) is -0.170. The topological polar surface area (TPSA) is 151 Å². The van der Waals surface area contributed by atoms with Gasteiger partial charge in [0.05, 0.1) is 39.0 Å². The molecule has 12 nitrogen and oxygen atoms in total. The highest BCUT2D eigenvalue weighted by atomic mass is 35.5. The highest BCUT2D eigenvalue weighted by Gasteiger charge is 2.22. The van der Waals surface area contributed by atoms with E-state index < -0.39 is 5.97 Å². The first-order valence-electron chi connectivity index (χ1n) is 13.8. The number of halogens is 1. The van der Waals surface area contributed by atoms with Gasteiger partial charge in [0.25, 0.3) is 11.9 Å². The number of carbonyl (C=O) groups is 2. The Morgan fingerprint density at radius 1 is 0.889 bits per heavy atom. The van der Waals surface area contributed by atoms with Gasteiger partial charge in [0.15, 0.2) is 0 Å². The van der Waals surface area contributed by atoms with Gasteiger partial charge in [-0.05, 0) is 75.7 Å². The van der Waals surface area contributed by atoms with Gasteiger partial charge in [-0.25, -0.2) is 4.98 Å². The first-order valence-corrected chi connectivity index (χ1v) is 14.2. The monoisotopic (exact) mass is 637 g/mol. The Labute approximate surface area is 265 Å². The number of hydrogen-bond donors (Lipinski definition) is 2. The molecule has 13 heteroatoms. The number of aromatic nitrogens is 5. The maximum Gasteiger partial charge on any atom is 0.307 e. The Hall–Kier alpha value is -4.94. The summed E-state index contributed by atoms with van der Waals surface area (Å²) in [4.78, 5) is 32.8. The lowest BCUT2D eigenvalue weighted by molar-refractivity contribution is -0.136. The van der Waals surface area contributed by atoms with Crippen molar-refractivity contribution in [2.75, 3.05) is 27.9 Å². The van der Waals surface area contributed by atoms with E-state index >= 15 is 0 Å². The summed E-state index contributed by atoms with van der Waals surface area (Å²) in [7, 11) is 4.69. The van der Waals surface area contributed by atoms with E-state index in [1.54, 1.807) is 88.4 Å². The zero-order chi connectivity index (χ0) is 33.3. The lowest BCUT2D eigenvalue weighted by Crippen LogP contribution is -2.14. The summed E-state index contributed by atoms with van der Waals surface area (Å²) >= 11 is 5.89. The summed E-state index contributed by atoms with van der Waals surface area (Å²) in [6, 6.07) is 15.4. The van der Waals surface area contributed by atoms with E-state index in [9.17, 15) is 14.7 Å². The van der Waals surface area contributed by atoms with Crippen LogP contribution in [-0.4, -0.2) is 74.3 Å². The van der Waals surface area contributed by atoms with Crippen molar-refractivity contribution in [3.05, 3.63) is 87.8 Å². The number of aliphatic carboxylic acids is 1. The van der Waals surface area contributed by atoms with Gasteiger partial charge in [-0.15, -0.1) is 0 Å². The van der Waals surface area contributed by atoms with Gasteiger partial charge >= 0.3 is 5.97 Å². The summed E-state index contributed by atoms with van der Waals surface area (Å²) in [6.45, 7) is 7.43.